The van der Waals surface area contributed by atoms with E-state index in [0.717, 1.165) is 37.4 Å². The molecule has 0 aliphatic heterocycles. The minimum Gasteiger partial charge on any atom is -0.367 e. The van der Waals surface area contributed by atoms with Gasteiger partial charge in [0.2, 0.25) is 0 Å². The molecule has 4 heteroatoms. The van der Waals surface area contributed by atoms with Crippen molar-refractivity contribution in [3.63, 3.8) is 0 Å². The summed E-state index contributed by atoms with van der Waals surface area (Å²) in [5.41, 5.74) is 0.930. The van der Waals surface area contributed by atoms with Gasteiger partial charge in [-0.1, -0.05) is 19.1 Å². The van der Waals surface area contributed by atoms with Crippen molar-refractivity contribution in [3.05, 3.63) is 22.2 Å². The average molecular weight is 252 g/mol. The van der Waals surface area contributed by atoms with E-state index in [1.165, 1.54) is 12.8 Å². The highest BCUT2D eigenvalue weighted by molar-refractivity contribution is 7.71. The first-order valence-electron chi connectivity index (χ1n) is 6.45. The molecular weight excluding hydrogens is 232 g/mol. The number of H-pyrrole nitrogens is 1. The molecule has 94 valence electrons. The fraction of sp³-hybridized carbons (Fsp3) is 0.692. The fourth-order valence-corrected chi connectivity index (χ4v) is 2.82. The molecule has 0 spiro atoms. The Hall–Kier alpha value is -0.740. The SMILES string of the molecule is CCOC1(c2nc(=S)cc(CC)[nH]2)CCCC1. The summed E-state index contributed by atoms with van der Waals surface area (Å²) in [5, 5.41) is 0. The molecule has 0 atom stereocenters. The maximum absolute atomic E-state index is 5.99. The Morgan fingerprint density at radius 3 is 2.71 bits per heavy atom. The second kappa shape index (κ2) is 5.27. The fourth-order valence-electron chi connectivity index (χ4n) is 2.59. The van der Waals surface area contributed by atoms with Gasteiger partial charge in [0.1, 0.15) is 16.1 Å². The van der Waals surface area contributed by atoms with E-state index < -0.39 is 0 Å². The molecule has 0 saturated heterocycles. The van der Waals surface area contributed by atoms with Crippen molar-refractivity contribution < 1.29 is 4.74 Å². The van der Waals surface area contributed by atoms with Gasteiger partial charge in [-0.05, 0) is 45.1 Å². The molecule has 3 nitrogen and oxygen atoms in total. The Balaban J connectivity index is 2.42. The maximum Gasteiger partial charge on any atom is 0.140 e. The van der Waals surface area contributed by atoms with E-state index >= 15 is 0 Å². The summed E-state index contributed by atoms with van der Waals surface area (Å²) < 4.78 is 6.66. The number of aromatic amines is 1. The zero-order valence-corrected chi connectivity index (χ0v) is 11.4. The highest BCUT2D eigenvalue weighted by Gasteiger charge is 2.38. The zero-order chi connectivity index (χ0) is 12.3. The molecule has 0 amide bonds. The Morgan fingerprint density at radius 2 is 2.12 bits per heavy atom. The summed E-state index contributed by atoms with van der Waals surface area (Å²) in [6.45, 7) is 4.88. The summed E-state index contributed by atoms with van der Waals surface area (Å²) >= 11 is 5.24. The third-order valence-corrected chi connectivity index (χ3v) is 3.65. The normalized spacial score (nSPS) is 18.5. The van der Waals surface area contributed by atoms with Gasteiger partial charge in [-0.25, -0.2) is 4.98 Å². The predicted octanol–water partition coefficient (Wildman–Crippen LogP) is 3.51. The molecule has 1 aromatic heterocycles. The molecule has 17 heavy (non-hydrogen) atoms. The zero-order valence-electron chi connectivity index (χ0n) is 10.6. The maximum atomic E-state index is 5.99. The van der Waals surface area contributed by atoms with Crippen molar-refractivity contribution in [2.24, 2.45) is 0 Å². The van der Waals surface area contributed by atoms with Gasteiger partial charge in [-0.2, -0.15) is 0 Å². The quantitative estimate of drug-likeness (QED) is 0.833. The Kier molecular flexibility index (Phi) is 3.94. The van der Waals surface area contributed by atoms with Crippen molar-refractivity contribution in [2.75, 3.05) is 6.61 Å². The van der Waals surface area contributed by atoms with Gasteiger partial charge in [0.05, 0.1) is 0 Å². The van der Waals surface area contributed by atoms with Crippen LogP contribution in [0.4, 0.5) is 0 Å². The van der Waals surface area contributed by atoms with Crippen LogP contribution in [-0.2, 0) is 16.8 Å². The predicted molar refractivity (Wildman–Crippen MR) is 70.6 cm³/mol. The lowest BCUT2D eigenvalue weighted by atomic mass is 10.0. The highest BCUT2D eigenvalue weighted by atomic mass is 32.1. The number of aryl methyl sites for hydroxylation is 1. The third kappa shape index (κ3) is 2.58. The van der Waals surface area contributed by atoms with E-state index in [4.69, 9.17) is 17.0 Å². The van der Waals surface area contributed by atoms with Crippen LogP contribution in [0.5, 0.6) is 0 Å². The minimum atomic E-state index is -0.215. The molecule has 1 saturated carbocycles. The van der Waals surface area contributed by atoms with E-state index in [1.807, 2.05) is 13.0 Å². The van der Waals surface area contributed by atoms with Gasteiger partial charge in [0.15, 0.2) is 0 Å². The Labute approximate surface area is 108 Å². The van der Waals surface area contributed by atoms with Crippen LogP contribution in [0.1, 0.15) is 51.0 Å². The summed E-state index contributed by atoms with van der Waals surface area (Å²) in [7, 11) is 0. The van der Waals surface area contributed by atoms with Crippen LogP contribution < -0.4 is 0 Å². The van der Waals surface area contributed by atoms with E-state index in [1.54, 1.807) is 0 Å². The van der Waals surface area contributed by atoms with Crippen LogP contribution in [-0.4, -0.2) is 16.6 Å². The molecule has 0 unspecified atom stereocenters. The third-order valence-electron chi connectivity index (χ3n) is 3.44. The summed E-state index contributed by atoms with van der Waals surface area (Å²) in [6.07, 6.45) is 5.46. The Bertz CT molecular complexity index is 435. The topological polar surface area (TPSA) is 37.9 Å². The van der Waals surface area contributed by atoms with Gasteiger partial charge in [-0.15, -0.1) is 0 Å². The molecule has 1 fully saturated rings. The molecule has 0 aromatic carbocycles. The number of hydrogen-bond acceptors (Lipinski definition) is 3. The molecule has 1 N–H and O–H groups in total. The molecule has 1 aliphatic rings. The number of aromatic nitrogens is 2. The molecule has 1 aliphatic carbocycles. The number of ether oxygens (including phenoxy) is 1. The van der Waals surface area contributed by atoms with Crippen LogP contribution in [0.3, 0.4) is 0 Å². The van der Waals surface area contributed by atoms with E-state index in [0.29, 0.717) is 4.64 Å². The first kappa shape index (κ1) is 12.7. The van der Waals surface area contributed by atoms with Gasteiger partial charge < -0.3 is 9.72 Å². The summed E-state index contributed by atoms with van der Waals surface area (Å²) in [4.78, 5) is 7.89. The van der Waals surface area contributed by atoms with Gasteiger partial charge in [0.25, 0.3) is 0 Å². The van der Waals surface area contributed by atoms with E-state index in [9.17, 15) is 0 Å². The molecule has 0 bridgehead atoms. The van der Waals surface area contributed by atoms with E-state index in [2.05, 4.69) is 16.9 Å². The van der Waals surface area contributed by atoms with Gasteiger partial charge in [0, 0.05) is 12.3 Å². The van der Waals surface area contributed by atoms with Crippen molar-refractivity contribution in [1.29, 1.82) is 0 Å². The second-order valence-corrected chi connectivity index (χ2v) is 5.00. The lowest BCUT2D eigenvalue weighted by molar-refractivity contribution is -0.0459. The summed E-state index contributed by atoms with van der Waals surface area (Å²) in [6, 6.07) is 1.94. The van der Waals surface area contributed by atoms with Crippen LogP contribution in [0.2, 0.25) is 0 Å². The van der Waals surface area contributed by atoms with Crippen molar-refractivity contribution in [1.82, 2.24) is 9.97 Å². The molecule has 1 aromatic rings. The standard InChI is InChI=1S/C13H20N2OS/c1-3-10-9-11(17)15-12(14-10)13(16-4-2)7-5-6-8-13/h9H,3-8H2,1-2H3,(H,14,15,17). The highest BCUT2D eigenvalue weighted by Crippen LogP contribution is 2.40. The van der Waals surface area contributed by atoms with Crippen LogP contribution in [0, 0.1) is 4.64 Å². The molecule has 2 rings (SSSR count). The second-order valence-electron chi connectivity index (χ2n) is 4.58. The van der Waals surface area contributed by atoms with Crippen molar-refractivity contribution in [2.45, 2.75) is 51.6 Å². The van der Waals surface area contributed by atoms with Crippen molar-refractivity contribution in [3.8, 4) is 0 Å². The lowest BCUT2D eigenvalue weighted by Crippen LogP contribution is -2.29. The molecule has 0 radical (unpaired) electrons. The number of nitrogens with one attached hydrogen (secondary N) is 1. The molecule has 1 heterocycles. The first-order chi connectivity index (χ1) is 8.20. The average Bonchev–Trinajstić information content (AvgIpc) is 2.78. The van der Waals surface area contributed by atoms with Gasteiger partial charge >= 0.3 is 0 Å². The first-order valence-corrected chi connectivity index (χ1v) is 6.85. The smallest absolute Gasteiger partial charge is 0.140 e. The van der Waals surface area contributed by atoms with Gasteiger partial charge in [-0.3, -0.25) is 0 Å². The number of hydrogen-bond donors (Lipinski definition) is 1. The largest absolute Gasteiger partial charge is 0.367 e. The summed E-state index contributed by atoms with van der Waals surface area (Å²) in [5.74, 6) is 0.932. The number of rotatable bonds is 4. The van der Waals surface area contributed by atoms with E-state index in [-0.39, 0.29) is 5.60 Å². The number of nitrogens with zero attached hydrogens (tertiary/aromatic N) is 1. The van der Waals surface area contributed by atoms with Crippen LogP contribution in [0.25, 0.3) is 0 Å². The minimum absolute atomic E-state index is 0.215. The van der Waals surface area contributed by atoms with Crippen LogP contribution >= 0.6 is 12.2 Å². The molecular formula is C13H20N2OS. The van der Waals surface area contributed by atoms with Crippen LogP contribution in [0.15, 0.2) is 6.07 Å². The monoisotopic (exact) mass is 252 g/mol. The lowest BCUT2D eigenvalue weighted by Gasteiger charge is -2.28. The Morgan fingerprint density at radius 1 is 1.41 bits per heavy atom. The van der Waals surface area contributed by atoms with Crippen molar-refractivity contribution >= 4 is 12.2 Å².